The maximum absolute atomic E-state index is 13.5. The van der Waals surface area contributed by atoms with Crippen LogP contribution in [0.25, 0.3) is 0 Å². The largest absolute Gasteiger partial charge is 0.351 e. The minimum atomic E-state index is -0.253. The van der Waals surface area contributed by atoms with Crippen molar-refractivity contribution < 1.29 is 9.18 Å². The number of benzene rings is 1. The van der Waals surface area contributed by atoms with Gasteiger partial charge in [0.1, 0.15) is 11.6 Å². The van der Waals surface area contributed by atoms with Crippen molar-refractivity contribution in [3.8, 4) is 0 Å². The molecular weight excluding hydrogens is 351 g/mol. The van der Waals surface area contributed by atoms with Crippen LogP contribution in [0.5, 0.6) is 0 Å². The van der Waals surface area contributed by atoms with Gasteiger partial charge in [-0.3, -0.25) is 9.89 Å². The third-order valence-electron chi connectivity index (χ3n) is 4.83. The summed E-state index contributed by atoms with van der Waals surface area (Å²) in [7, 11) is 0. The molecule has 0 radical (unpaired) electrons. The standard InChI is InChI=1S/C19H25FN4OS/c1-13-6-7-15(10-16(13)20)11-21-18(25)12-26-19-22-17(23-24-19)9-8-14-4-2-3-5-14/h6-7,10,14H,2-5,8-9,11-12H2,1H3,(H,21,25)(H,22,23,24). The zero-order valence-corrected chi connectivity index (χ0v) is 15.9. The molecule has 1 aliphatic rings. The fourth-order valence-electron chi connectivity index (χ4n) is 3.22. The van der Waals surface area contributed by atoms with Gasteiger partial charge in [0, 0.05) is 13.0 Å². The van der Waals surface area contributed by atoms with Crippen molar-refractivity contribution in [3.63, 3.8) is 0 Å². The molecule has 1 heterocycles. The normalized spacial score (nSPS) is 14.7. The number of aromatic amines is 1. The second-order valence-corrected chi connectivity index (χ2v) is 7.85. The van der Waals surface area contributed by atoms with Gasteiger partial charge in [-0.15, -0.1) is 5.10 Å². The molecular formula is C19H25FN4OS. The van der Waals surface area contributed by atoms with Gasteiger partial charge in [-0.1, -0.05) is 49.6 Å². The molecule has 0 saturated heterocycles. The van der Waals surface area contributed by atoms with Gasteiger partial charge in [0.15, 0.2) is 0 Å². The second-order valence-electron chi connectivity index (χ2n) is 6.90. The summed E-state index contributed by atoms with van der Waals surface area (Å²) >= 11 is 1.31. The third-order valence-corrected chi connectivity index (χ3v) is 5.68. The Balaban J connectivity index is 1.38. The van der Waals surface area contributed by atoms with Crippen LogP contribution in [0.1, 0.15) is 49.1 Å². The van der Waals surface area contributed by atoms with Gasteiger partial charge in [0.2, 0.25) is 11.1 Å². The van der Waals surface area contributed by atoms with E-state index in [0.717, 1.165) is 30.1 Å². The average molecular weight is 377 g/mol. The summed E-state index contributed by atoms with van der Waals surface area (Å²) in [5, 5.41) is 10.5. The molecule has 0 unspecified atom stereocenters. The Morgan fingerprint density at radius 1 is 1.38 bits per heavy atom. The van der Waals surface area contributed by atoms with Gasteiger partial charge >= 0.3 is 0 Å². The highest BCUT2D eigenvalue weighted by Gasteiger charge is 2.16. The number of carbonyl (C=O) groups is 1. The number of carbonyl (C=O) groups excluding carboxylic acids is 1. The Bertz CT molecular complexity index is 743. The molecule has 3 rings (SSSR count). The van der Waals surface area contributed by atoms with Crippen LogP contribution in [-0.4, -0.2) is 26.8 Å². The molecule has 26 heavy (non-hydrogen) atoms. The number of aryl methyl sites for hydroxylation is 2. The molecule has 1 saturated carbocycles. The first-order chi connectivity index (χ1) is 12.6. The van der Waals surface area contributed by atoms with Crippen molar-refractivity contribution in [1.29, 1.82) is 0 Å². The van der Waals surface area contributed by atoms with Crippen molar-refractivity contribution in [1.82, 2.24) is 20.5 Å². The molecule has 1 aromatic carbocycles. The van der Waals surface area contributed by atoms with Gasteiger partial charge in [0.05, 0.1) is 5.75 Å². The first-order valence-corrected chi connectivity index (χ1v) is 10.1. The highest BCUT2D eigenvalue weighted by molar-refractivity contribution is 7.99. The van der Waals surface area contributed by atoms with Crippen molar-refractivity contribution in [2.75, 3.05) is 5.75 Å². The number of amides is 1. The Morgan fingerprint density at radius 3 is 2.96 bits per heavy atom. The van der Waals surface area contributed by atoms with E-state index in [4.69, 9.17) is 0 Å². The van der Waals surface area contributed by atoms with E-state index in [1.54, 1.807) is 13.0 Å². The first-order valence-electron chi connectivity index (χ1n) is 9.16. The first kappa shape index (κ1) is 18.9. The molecule has 2 N–H and O–H groups in total. The number of halogens is 1. The smallest absolute Gasteiger partial charge is 0.230 e. The fraction of sp³-hybridized carbons (Fsp3) is 0.526. The third kappa shape index (κ3) is 5.56. The Kier molecular flexibility index (Phi) is 6.66. The molecule has 140 valence electrons. The lowest BCUT2D eigenvalue weighted by atomic mass is 10.0. The maximum atomic E-state index is 13.5. The number of H-pyrrole nitrogens is 1. The lowest BCUT2D eigenvalue weighted by Gasteiger charge is -2.06. The van der Waals surface area contributed by atoms with Gasteiger partial charge in [-0.05, 0) is 36.5 Å². The predicted molar refractivity (Wildman–Crippen MR) is 100 cm³/mol. The number of hydrogen-bond acceptors (Lipinski definition) is 4. The molecule has 1 amide bonds. The summed E-state index contributed by atoms with van der Waals surface area (Å²) in [5.41, 5.74) is 1.35. The van der Waals surface area contributed by atoms with Crippen LogP contribution >= 0.6 is 11.8 Å². The molecule has 5 nitrogen and oxygen atoms in total. The predicted octanol–water partition coefficient (Wildman–Crippen LogP) is 3.78. The molecule has 7 heteroatoms. The summed E-state index contributed by atoms with van der Waals surface area (Å²) < 4.78 is 13.5. The Hall–Kier alpha value is -1.89. The molecule has 0 aliphatic heterocycles. The molecule has 1 fully saturated rings. The van der Waals surface area contributed by atoms with E-state index in [9.17, 15) is 9.18 Å². The number of nitrogens with one attached hydrogen (secondary N) is 2. The minimum absolute atomic E-state index is 0.117. The number of aromatic nitrogens is 3. The highest BCUT2D eigenvalue weighted by atomic mass is 32.2. The summed E-state index contributed by atoms with van der Waals surface area (Å²) in [6.45, 7) is 2.03. The number of hydrogen-bond donors (Lipinski definition) is 2. The molecule has 0 bridgehead atoms. The van der Waals surface area contributed by atoms with Crippen LogP contribution in [0.3, 0.4) is 0 Å². The fourth-order valence-corrected chi connectivity index (χ4v) is 3.87. The lowest BCUT2D eigenvalue weighted by Crippen LogP contribution is -2.24. The van der Waals surface area contributed by atoms with E-state index >= 15 is 0 Å². The number of nitrogens with zero attached hydrogens (tertiary/aromatic N) is 2. The van der Waals surface area contributed by atoms with E-state index in [2.05, 4.69) is 20.5 Å². The van der Waals surface area contributed by atoms with Gasteiger partial charge in [0.25, 0.3) is 0 Å². The van der Waals surface area contributed by atoms with Crippen LogP contribution < -0.4 is 5.32 Å². The van der Waals surface area contributed by atoms with Gasteiger partial charge < -0.3 is 5.32 Å². The molecule has 2 aromatic rings. The second kappa shape index (κ2) is 9.16. The topological polar surface area (TPSA) is 70.7 Å². The van der Waals surface area contributed by atoms with Gasteiger partial charge in [-0.2, -0.15) is 0 Å². The summed E-state index contributed by atoms with van der Waals surface area (Å²) in [5.74, 6) is 1.60. The zero-order chi connectivity index (χ0) is 18.4. The molecule has 1 aromatic heterocycles. The van der Waals surface area contributed by atoms with Crippen LogP contribution in [0.4, 0.5) is 4.39 Å². The van der Waals surface area contributed by atoms with Crippen molar-refractivity contribution in [3.05, 3.63) is 41.0 Å². The lowest BCUT2D eigenvalue weighted by molar-refractivity contribution is -0.118. The van der Waals surface area contributed by atoms with E-state index in [-0.39, 0.29) is 17.5 Å². The number of rotatable bonds is 8. The molecule has 0 atom stereocenters. The quantitative estimate of drug-likeness (QED) is 0.688. The zero-order valence-electron chi connectivity index (χ0n) is 15.1. The van der Waals surface area contributed by atoms with Crippen LogP contribution in [0.2, 0.25) is 0 Å². The summed E-state index contributed by atoms with van der Waals surface area (Å²) in [4.78, 5) is 16.4. The molecule has 0 spiro atoms. The van der Waals surface area contributed by atoms with Crippen LogP contribution in [0.15, 0.2) is 23.4 Å². The molecule has 1 aliphatic carbocycles. The number of thioether (sulfide) groups is 1. The van der Waals surface area contributed by atoms with Crippen molar-refractivity contribution in [2.45, 2.75) is 57.1 Å². The minimum Gasteiger partial charge on any atom is -0.351 e. The Morgan fingerprint density at radius 2 is 2.19 bits per heavy atom. The average Bonchev–Trinajstić information content (AvgIpc) is 3.30. The Labute approximate surface area is 157 Å². The van der Waals surface area contributed by atoms with E-state index in [1.165, 1.54) is 43.5 Å². The summed E-state index contributed by atoms with van der Waals surface area (Å²) in [6, 6.07) is 4.98. The van der Waals surface area contributed by atoms with E-state index in [0.29, 0.717) is 17.3 Å². The monoisotopic (exact) mass is 376 g/mol. The summed E-state index contributed by atoms with van der Waals surface area (Å²) in [6.07, 6.45) is 7.46. The van der Waals surface area contributed by atoms with Crippen LogP contribution in [-0.2, 0) is 17.8 Å². The maximum Gasteiger partial charge on any atom is 0.230 e. The van der Waals surface area contributed by atoms with Crippen molar-refractivity contribution >= 4 is 17.7 Å². The van der Waals surface area contributed by atoms with E-state index < -0.39 is 0 Å². The van der Waals surface area contributed by atoms with Crippen molar-refractivity contribution in [2.24, 2.45) is 5.92 Å². The van der Waals surface area contributed by atoms with Crippen LogP contribution in [0, 0.1) is 18.7 Å². The van der Waals surface area contributed by atoms with Gasteiger partial charge in [-0.25, -0.2) is 9.37 Å². The van der Waals surface area contributed by atoms with E-state index in [1.807, 2.05) is 6.07 Å². The highest BCUT2D eigenvalue weighted by Crippen LogP contribution is 2.28. The SMILES string of the molecule is Cc1ccc(CNC(=O)CSc2n[nH]c(CCC3CCCC3)n2)cc1F.